The maximum absolute atomic E-state index is 11.9. The second-order valence-electron chi connectivity index (χ2n) is 4.93. The molecular formula is C17H14O9. The van der Waals surface area contributed by atoms with Crippen LogP contribution in [0.2, 0.25) is 0 Å². The maximum atomic E-state index is 11.9. The van der Waals surface area contributed by atoms with E-state index in [1.165, 1.54) is 12.1 Å². The first kappa shape index (κ1) is 18.9. The average molecular weight is 362 g/mol. The molecule has 0 atom stereocenters. The van der Waals surface area contributed by atoms with Gasteiger partial charge in [-0.3, -0.25) is 0 Å². The third-order valence-corrected chi connectivity index (χ3v) is 3.24. The minimum Gasteiger partial charge on any atom is -0.508 e. The molecule has 26 heavy (non-hydrogen) atoms. The molecule has 9 nitrogen and oxygen atoms in total. The summed E-state index contributed by atoms with van der Waals surface area (Å²) < 4.78 is 4.73. The van der Waals surface area contributed by atoms with Crippen LogP contribution < -0.4 is 0 Å². The van der Waals surface area contributed by atoms with E-state index in [9.17, 15) is 19.5 Å². The summed E-state index contributed by atoms with van der Waals surface area (Å²) in [5.74, 6) is -3.83. The van der Waals surface area contributed by atoms with Gasteiger partial charge in [-0.2, -0.15) is 4.89 Å². The van der Waals surface area contributed by atoms with Crippen molar-refractivity contribution in [1.82, 2.24) is 0 Å². The summed E-state index contributed by atoms with van der Waals surface area (Å²) in [7, 11) is 0. The van der Waals surface area contributed by atoms with Gasteiger partial charge in [-0.25, -0.2) is 19.3 Å². The standard InChI is InChI=1S/C17H14O9/c18-11-5-6-13(14(7-11)16(21)22)17(23)24-9-26-25-8-10-3-1-2-4-12(10)15(19)20/h1-7,18H,8-9H2,(H,19,20)(H,21,22). The fraction of sp³-hybridized carbons (Fsp3) is 0.118. The number of phenols is 1. The van der Waals surface area contributed by atoms with Gasteiger partial charge in [0.05, 0.1) is 16.7 Å². The summed E-state index contributed by atoms with van der Waals surface area (Å²) in [5, 5.41) is 27.3. The number of carbonyl (C=O) groups excluding carboxylic acids is 1. The van der Waals surface area contributed by atoms with Gasteiger partial charge in [0.15, 0.2) is 0 Å². The molecule has 0 fully saturated rings. The molecule has 0 radical (unpaired) electrons. The smallest absolute Gasteiger partial charge is 0.341 e. The van der Waals surface area contributed by atoms with E-state index in [4.69, 9.17) is 19.8 Å². The van der Waals surface area contributed by atoms with Crippen LogP contribution in [0.5, 0.6) is 5.75 Å². The molecule has 0 aliphatic heterocycles. The Morgan fingerprint density at radius 2 is 1.54 bits per heavy atom. The summed E-state index contributed by atoms with van der Waals surface area (Å²) in [6.07, 6.45) is 0. The molecule has 2 rings (SSSR count). The monoisotopic (exact) mass is 362 g/mol. The normalized spacial score (nSPS) is 10.3. The molecule has 0 spiro atoms. The lowest BCUT2D eigenvalue weighted by Crippen LogP contribution is -2.14. The van der Waals surface area contributed by atoms with Crippen molar-refractivity contribution >= 4 is 17.9 Å². The first-order valence-corrected chi connectivity index (χ1v) is 7.19. The Balaban J connectivity index is 1.87. The summed E-state index contributed by atoms with van der Waals surface area (Å²) in [4.78, 5) is 43.4. The minimum atomic E-state index is -1.41. The van der Waals surface area contributed by atoms with Crippen LogP contribution in [0.1, 0.15) is 36.6 Å². The number of aromatic hydroxyl groups is 1. The molecule has 2 aromatic carbocycles. The van der Waals surface area contributed by atoms with Crippen molar-refractivity contribution in [2.75, 3.05) is 6.79 Å². The van der Waals surface area contributed by atoms with Gasteiger partial charge < -0.3 is 20.1 Å². The number of carbonyl (C=O) groups is 3. The van der Waals surface area contributed by atoms with E-state index in [1.54, 1.807) is 12.1 Å². The molecule has 136 valence electrons. The van der Waals surface area contributed by atoms with Crippen molar-refractivity contribution in [1.29, 1.82) is 0 Å². The minimum absolute atomic E-state index is 0.0447. The quantitative estimate of drug-likeness (QED) is 0.211. The number of hydrogen-bond donors (Lipinski definition) is 3. The molecule has 0 aromatic heterocycles. The molecule has 0 aliphatic carbocycles. The topological polar surface area (TPSA) is 140 Å². The van der Waals surface area contributed by atoms with E-state index >= 15 is 0 Å². The summed E-state index contributed by atoms with van der Waals surface area (Å²) >= 11 is 0. The van der Waals surface area contributed by atoms with Crippen LogP contribution in [0.4, 0.5) is 0 Å². The van der Waals surface area contributed by atoms with Crippen LogP contribution in [0.15, 0.2) is 42.5 Å². The van der Waals surface area contributed by atoms with E-state index < -0.39 is 30.3 Å². The average Bonchev–Trinajstić information content (AvgIpc) is 2.61. The van der Waals surface area contributed by atoms with Crippen molar-refractivity contribution in [2.24, 2.45) is 0 Å². The fourth-order valence-electron chi connectivity index (χ4n) is 2.04. The second kappa shape index (κ2) is 8.60. The van der Waals surface area contributed by atoms with E-state index in [0.29, 0.717) is 5.56 Å². The number of carboxylic acid groups (broad SMARTS) is 2. The summed E-state index contributed by atoms with van der Waals surface area (Å²) in [6.45, 7) is -0.840. The van der Waals surface area contributed by atoms with Crippen LogP contribution in [0.3, 0.4) is 0 Å². The van der Waals surface area contributed by atoms with Gasteiger partial charge in [0.1, 0.15) is 12.4 Å². The van der Waals surface area contributed by atoms with Gasteiger partial charge in [0.25, 0.3) is 0 Å². The van der Waals surface area contributed by atoms with Gasteiger partial charge in [-0.15, -0.1) is 0 Å². The predicted octanol–water partition coefficient (Wildman–Crippen LogP) is 2.05. The predicted molar refractivity (Wildman–Crippen MR) is 84.6 cm³/mol. The lowest BCUT2D eigenvalue weighted by atomic mass is 10.1. The molecule has 0 saturated carbocycles. The van der Waals surface area contributed by atoms with Gasteiger partial charge in [0, 0.05) is 0 Å². The van der Waals surface area contributed by atoms with Gasteiger partial charge >= 0.3 is 17.9 Å². The Morgan fingerprint density at radius 3 is 2.23 bits per heavy atom. The van der Waals surface area contributed by atoms with E-state index in [0.717, 1.165) is 18.2 Å². The van der Waals surface area contributed by atoms with Crippen molar-refractivity contribution in [3.8, 4) is 5.75 Å². The molecule has 9 heteroatoms. The Hall–Kier alpha value is -3.43. The molecule has 2 aromatic rings. The molecule has 0 heterocycles. The zero-order chi connectivity index (χ0) is 19.1. The number of hydrogen-bond acceptors (Lipinski definition) is 7. The SMILES string of the molecule is O=C(O)c1ccccc1COOCOC(=O)c1ccc(O)cc1C(=O)O. The van der Waals surface area contributed by atoms with E-state index in [1.807, 2.05) is 0 Å². The van der Waals surface area contributed by atoms with Crippen molar-refractivity contribution < 1.29 is 44.2 Å². The van der Waals surface area contributed by atoms with Crippen molar-refractivity contribution in [3.63, 3.8) is 0 Å². The first-order chi connectivity index (χ1) is 12.4. The van der Waals surface area contributed by atoms with Gasteiger partial charge in [0.2, 0.25) is 6.79 Å². The third kappa shape index (κ3) is 4.79. The zero-order valence-corrected chi connectivity index (χ0v) is 13.2. The van der Waals surface area contributed by atoms with E-state index in [-0.39, 0.29) is 23.5 Å². The highest BCUT2D eigenvalue weighted by Gasteiger charge is 2.18. The Bertz CT molecular complexity index is 829. The number of carboxylic acids is 2. The molecule has 0 bridgehead atoms. The maximum Gasteiger partial charge on any atom is 0.341 e. The first-order valence-electron chi connectivity index (χ1n) is 7.19. The Kier molecular flexibility index (Phi) is 6.25. The van der Waals surface area contributed by atoms with Crippen LogP contribution >= 0.6 is 0 Å². The molecule has 0 saturated heterocycles. The molecule has 3 N–H and O–H groups in total. The molecule has 0 amide bonds. The fourth-order valence-corrected chi connectivity index (χ4v) is 2.04. The Labute approximate surface area is 146 Å². The zero-order valence-electron chi connectivity index (χ0n) is 13.2. The highest BCUT2D eigenvalue weighted by atomic mass is 17.2. The number of phenolic OH excluding ortho intramolecular Hbond substituents is 1. The van der Waals surface area contributed by atoms with Crippen LogP contribution in [0, 0.1) is 0 Å². The summed E-state index contributed by atoms with van der Waals surface area (Å²) in [5.41, 5.74) is -0.289. The highest BCUT2D eigenvalue weighted by molar-refractivity contribution is 6.02. The summed E-state index contributed by atoms with van der Waals surface area (Å²) in [6, 6.07) is 9.29. The molecular weight excluding hydrogens is 348 g/mol. The largest absolute Gasteiger partial charge is 0.508 e. The number of esters is 1. The van der Waals surface area contributed by atoms with Gasteiger partial charge in [-0.1, -0.05) is 18.2 Å². The number of aromatic carboxylic acids is 2. The number of ether oxygens (including phenoxy) is 1. The molecule has 0 aliphatic rings. The Morgan fingerprint density at radius 1 is 0.846 bits per heavy atom. The second-order valence-corrected chi connectivity index (χ2v) is 4.93. The van der Waals surface area contributed by atoms with Crippen LogP contribution in [-0.2, 0) is 21.1 Å². The van der Waals surface area contributed by atoms with Gasteiger partial charge in [-0.05, 0) is 29.8 Å². The van der Waals surface area contributed by atoms with Crippen LogP contribution in [-0.4, -0.2) is 40.0 Å². The van der Waals surface area contributed by atoms with Crippen molar-refractivity contribution in [2.45, 2.75) is 6.61 Å². The van der Waals surface area contributed by atoms with Crippen LogP contribution in [0.25, 0.3) is 0 Å². The lowest BCUT2D eigenvalue weighted by Gasteiger charge is -2.09. The van der Waals surface area contributed by atoms with Crippen molar-refractivity contribution in [3.05, 3.63) is 64.7 Å². The number of rotatable bonds is 8. The molecule has 0 unspecified atom stereocenters. The lowest BCUT2D eigenvalue weighted by molar-refractivity contribution is -0.335. The third-order valence-electron chi connectivity index (χ3n) is 3.24. The highest BCUT2D eigenvalue weighted by Crippen LogP contribution is 2.18. The number of benzene rings is 2. The van der Waals surface area contributed by atoms with E-state index in [2.05, 4.69) is 4.89 Å².